The van der Waals surface area contributed by atoms with Crippen LogP contribution in [0.2, 0.25) is 0 Å². The third-order valence-electron chi connectivity index (χ3n) is 4.95. The van der Waals surface area contributed by atoms with Crippen LogP contribution >= 0.6 is 0 Å². The summed E-state index contributed by atoms with van der Waals surface area (Å²) in [5.74, 6) is 0.684. The van der Waals surface area contributed by atoms with Crippen molar-refractivity contribution in [3.63, 3.8) is 0 Å². The van der Waals surface area contributed by atoms with Gasteiger partial charge in [0, 0.05) is 56.4 Å². The molecule has 0 amide bonds. The minimum absolute atomic E-state index is 0.302. The topological polar surface area (TPSA) is 68.1 Å². The molecular formula is C18H26N6O. The van der Waals surface area contributed by atoms with Gasteiger partial charge in [-0.05, 0) is 32.8 Å². The number of aryl methyl sites for hydroxylation is 2. The van der Waals surface area contributed by atoms with Gasteiger partial charge in [0.1, 0.15) is 0 Å². The van der Waals surface area contributed by atoms with Crippen LogP contribution in [-0.4, -0.2) is 57.0 Å². The third kappa shape index (κ3) is 3.82. The lowest BCUT2D eigenvalue weighted by Crippen LogP contribution is -2.47. The van der Waals surface area contributed by atoms with E-state index in [-0.39, 0.29) is 0 Å². The molecule has 0 aliphatic carbocycles. The van der Waals surface area contributed by atoms with Crippen molar-refractivity contribution in [1.82, 2.24) is 24.6 Å². The molecule has 4 rings (SSSR count). The first-order valence-corrected chi connectivity index (χ1v) is 9.09. The molecule has 134 valence electrons. The van der Waals surface area contributed by atoms with E-state index in [2.05, 4.69) is 43.0 Å². The summed E-state index contributed by atoms with van der Waals surface area (Å²) in [7, 11) is 0. The zero-order valence-electron chi connectivity index (χ0n) is 15.0. The normalized spacial score (nSPS) is 21.4. The highest BCUT2D eigenvalue weighted by Gasteiger charge is 2.29. The SMILES string of the molecule is Cc1cc(C)n(C2CN(Cc3cnc(NC[C@H]4CCCO4)nc3)C2)n1. The van der Waals surface area contributed by atoms with Crippen LogP contribution in [0.25, 0.3) is 0 Å². The smallest absolute Gasteiger partial charge is 0.222 e. The van der Waals surface area contributed by atoms with Gasteiger partial charge in [0.25, 0.3) is 0 Å². The molecule has 1 N–H and O–H groups in total. The molecule has 2 aromatic rings. The van der Waals surface area contributed by atoms with Crippen molar-refractivity contribution in [3.8, 4) is 0 Å². The van der Waals surface area contributed by atoms with Crippen molar-refractivity contribution < 1.29 is 4.74 Å². The number of rotatable bonds is 6. The van der Waals surface area contributed by atoms with Crippen LogP contribution in [0.15, 0.2) is 18.5 Å². The highest BCUT2D eigenvalue weighted by molar-refractivity contribution is 5.25. The summed E-state index contributed by atoms with van der Waals surface area (Å²) in [6, 6.07) is 2.63. The first-order chi connectivity index (χ1) is 12.2. The predicted octanol–water partition coefficient (Wildman–Crippen LogP) is 1.94. The third-order valence-corrected chi connectivity index (χ3v) is 4.95. The molecule has 25 heavy (non-hydrogen) atoms. The van der Waals surface area contributed by atoms with Crippen LogP contribution in [0.5, 0.6) is 0 Å². The van der Waals surface area contributed by atoms with Gasteiger partial charge < -0.3 is 10.1 Å². The van der Waals surface area contributed by atoms with Gasteiger partial charge in [-0.2, -0.15) is 5.10 Å². The molecule has 0 bridgehead atoms. The molecule has 2 aromatic heterocycles. The number of ether oxygens (including phenoxy) is 1. The van der Waals surface area contributed by atoms with E-state index in [0.717, 1.165) is 56.9 Å². The second kappa shape index (κ2) is 7.09. The maximum atomic E-state index is 5.60. The van der Waals surface area contributed by atoms with Crippen molar-refractivity contribution in [2.75, 3.05) is 31.6 Å². The van der Waals surface area contributed by atoms with Gasteiger partial charge in [-0.15, -0.1) is 0 Å². The summed E-state index contributed by atoms with van der Waals surface area (Å²) < 4.78 is 7.75. The highest BCUT2D eigenvalue weighted by atomic mass is 16.5. The van der Waals surface area contributed by atoms with E-state index in [1.165, 1.54) is 5.69 Å². The summed E-state index contributed by atoms with van der Waals surface area (Å²) >= 11 is 0. The minimum Gasteiger partial charge on any atom is -0.376 e. The molecule has 0 unspecified atom stereocenters. The average Bonchev–Trinajstić information content (AvgIpc) is 3.19. The Hall–Kier alpha value is -1.99. The van der Waals surface area contributed by atoms with Gasteiger partial charge in [-0.1, -0.05) is 0 Å². The van der Waals surface area contributed by atoms with Gasteiger partial charge >= 0.3 is 0 Å². The van der Waals surface area contributed by atoms with Gasteiger partial charge in [0.15, 0.2) is 0 Å². The number of hydrogen-bond acceptors (Lipinski definition) is 6. The first-order valence-electron chi connectivity index (χ1n) is 9.09. The van der Waals surface area contributed by atoms with E-state index in [4.69, 9.17) is 4.74 Å². The molecule has 7 heteroatoms. The van der Waals surface area contributed by atoms with Gasteiger partial charge in [0.2, 0.25) is 5.95 Å². The Kier molecular flexibility index (Phi) is 4.67. The molecule has 7 nitrogen and oxygen atoms in total. The fourth-order valence-corrected chi connectivity index (χ4v) is 3.64. The number of hydrogen-bond donors (Lipinski definition) is 1. The standard InChI is InChI=1S/C18H26N6O/c1-13-6-14(2)24(22-13)16-11-23(12-16)10-15-7-19-18(20-8-15)21-9-17-4-3-5-25-17/h6-8,16-17H,3-5,9-12H2,1-2H3,(H,19,20,21)/t17-/m1/s1. The lowest BCUT2D eigenvalue weighted by Gasteiger charge is -2.39. The Morgan fingerprint density at radius 3 is 2.68 bits per heavy atom. The van der Waals surface area contributed by atoms with Crippen molar-refractivity contribution >= 4 is 5.95 Å². The molecule has 2 saturated heterocycles. The second-order valence-corrected chi connectivity index (χ2v) is 7.15. The van der Waals surface area contributed by atoms with Crippen LogP contribution in [0.3, 0.4) is 0 Å². The fourth-order valence-electron chi connectivity index (χ4n) is 3.64. The summed E-state index contributed by atoms with van der Waals surface area (Å²) in [6.45, 7) is 8.78. The van der Waals surface area contributed by atoms with E-state index in [1.54, 1.807) is 0 Å². The molecule has 2 aliphatic rings. The summed E-state index contributed by atoms with van der Waals surface area (Å²) in [6.07, 6.45) is 6.41. The van der Waals surface area contributed by atoms with Crippen molar-refractivity contribution in [3.05, 3.63) is 35.4 Å². The number of nitrogens with one attached hydrogen (secondary N) is 1. The van der Waals surface area contributed by atoms with Crippen LogP contribution in [0.4, 0.5) is 5.95 Å². The Labute approximate surface area is 148 Å². The second-order valence-electron chi connectivity index (χ2n) is 7.15. The number of aromatic nitrogens is 4. The maximum absolute atomic E-state index is 5.60. The van der Waals surface area contributed by atoms with E-state index >= 15 is 0 Å². The lowest BCUT2D eigenvalue weighted by atomic mass is 10.1. The Bertz CT molecular complexity index is 701. The van der Waals surface area contributed by atoms with E-state index in [0.29, 0.717) is 18.1 Å². The van der Waals surface area contributed by atoms with Crippen molar-refractivity contribution in [2.24, 2.45) is 0 Å². The monoisotopic (exact) mass is 342 g/mol. The average molecular weight is 342 g/mol. The highest BCUT2D eigenvalue weighted by Crippen LogP contribution is 2.24. The summed E-state index contributed by atoms with van der Waals surface area (Å²) in [5.41, 5.74) is 3.48. The van der Waals surface area contributed by atoms with Gasteiger partial charge in [-0.3, -0.25) is 9.58 Å². The Balaban J connectivity index is 1.24. The van der Waals surface area contributed by atoms with Gasteiger partial charge in [-0.25, -0.2) is 9.97 Å². The summed E-state index contributed by atoms with van der Waals surface area (Å²) in [4.78, 5) is 11.2. The Morgan fingerprint density at radius 2 is 2.04 bits per heavy atom. The molecule has 0 spiro atoms. The van der Waals surface area contributed by atoms with E-state index in [1.807, 2.05) is 19.3 Å². The van der Waals surface area contributed by atoms with E-state index < -0.39 is 0 Å². The lowest BCUT2D eigenvalue weighted by molar-refractivity contribution is 0.0891. The van der Waals surface area contributed by atoms with Crippen LogP contribution in [-0.2, 0) is 11.3 Å². The molecular weight excluding hydrogens is 316 g/mol. The van der Waals surface area contributed by atoms with Crippen LogP contribution in [0.1, 0.15) is 35.8 Å². The zero-order valence-corrected chi connectivity index (χ0v) is 15.0. The van der Waals surface area contributed by atoms with Crippen molar-refractivity contribution in [1.29, 1.82) is 0 Å². The molecule has 2 fully saturated rings. The summed E-state index contributed by atoms with van der Waals surface area (Å²) in [5, 5.41) is 7.84. The number of nitrogens with zero attached hydrogens (tertiary/aromatic N) is 5. The van der Waals surface area contributed by atoms with Crippen LogP contribution in [0, 0.1) is 13.8 Å². The molecule has 4 heterocycles. The largest absolute Gasteiger partial charge is 0.376 e. The zero-order chi connectivity index (χ0) is 17.2. The molecule has 0 aromatic carbocycles. The van der Waals surface area contributed by atoms with Gasteiger partial charge in [0.05, 0.1) is 17.8 Å². The minimum atomic E-state index is 0.302. The van der Waals surface area contributed by atoms with Crippen LogP contribution < -0.4 is 5.32 Å². The van der Waals surface area contributed by atoms with E-state index in [9.17, 15) is 0 Å². The quantitative estimate of drug-likeness (QED) is 0.865. The fraction of sp³-hybridized carbons (Fsp3) is 0.611. The molecule has 1 atom stereocenters. The Morgan fingerprint density at radius 1 is 1.24 bits per heavy atom. The number of likely N-dealkylation sites (tertiary alicyclic amines) is 1. The molecule has 0 radical (unpaired) electrons. The van der Waals surface area contributed by atoms with Crippen molar-refractivity contribution in [2.45, 2.75) is 45.4 Å². The predicted molar refractivity (Wildman–Crippen MR) is 95.5 cm³/mol. The molecule has 2 aliphatic heterocycles. The molecule has 0 saturated carbocycles. The maximum Gasteiger partial charge on any atom is 0.222 e. The number of anilines is 1. The first kappa shape index (κ1) is 16.5.